The quantitative estimate of drug-likeness (QED) is 0.819. The summed E-state index contributed by atoms with van der Waals surface area (Å²) in [6.45, 7) is 2.54. The molecule has 0 bridgehead atoms. The SMILES string of the molecule is O=C(c1csc(-c2cccc(Cl)c2)n1)N1CCC2(CC1)OCCO2. The van der Waals surface area contributed by atoms with Crippen molar-refractivity contribution in [2.75, 3.05) is 26.3 Å². The minimum atomic E-state index is -0.467. The van der Waals surface area contributed by atoms with Crippen molar-refractivity contribution >= 4 is 28.8 Å². The van der Waals surface area contributed by atoms with Gasteiger partial charge in [-0.1, -0.05) is 23.7 Å². The zero-order valence-electron chi connectivity index (χ0n) is 13.0. The second kappa shape index (κ2) is 6.44. The van der Waals surface area contributed by atoms with E-state index in [4.69, 9.17) is 21.1 Å². The minimum Gasteiger partial charge on any atom is -0.347 e. The summed E-state index contributed by atoms with van der Waals surface area (Å²) in [5.41, 5.74) is 1.41. The summed E-state index contributed by atoms with van der Waals surface area (Å²) in [5, 5.41) is 3.27. The van der Waals surface area contributed by atoms with Gasteiger partial charge in [0, 0.05) is 41.9 Å². The number of likely N-dealkylation sites (tertiary alicyclic amines) is 1. The van der Waals surface area contributed by atoms with Crippen LogP contribution in [-0.2, 0) is 9.47 Å². The maximum atomic E-state index is 12.7. The number of nitrogens with zero attached hydrogens (tertiary/aromatic N) is 2. The van der Waals surface area contributed by atoms with Crippen LogP contribution in [0, 0.1) is 0 Å². The van der Waals surface area contributed by atoms with Crippen molar-refractivity contribution in [3.8, 4) is 10.6 Å². The highest BCUT2D eigenvalue weighted by Gasteiger charge is 2.41. The molecule has 2 aliphatic heterocycles. The maximum absolute atomic E-state index is 12.7. The summed E-state index contributed by atoms with van der Waals surface area (Å²) >= 11 is 7.48. The van der Waals surface area contributed by atoms with Gasteiger partial charge < -0.3 is 14.4 Å². The summed E-state index contributed by atoms with van der Waals surface area (Å²) in [5.74, 6) is -0.502. The number of carbonyl (C=O) groups is 1. The third-order valence-corrected chi connectivity index (χ3v) is 5.55. The van der Waals surface area contributed by atoms with E-state index >= 15 is 0 Å². The average Bonchev–Trinajstić information content (AvgIpc) is 3.25. The second-order valence-electron chi connectivity index (χ2n) is 5.95. The zero-order chi connectivity index (χ0) is 16.6. The topological polar surface area (TPSA) is 51.7 Å². The van der Waals surface area contributed by atoms with Crippen LogP contribution in [0.2, 0.25) is 5.02 Å². The van der Waals surface area contributed by atoms with Crippen molar-refractivity contribution in [1.29, 1.82) is 0 Å². The van der Waals surface area contributed by atoms with Gasteiger partial charge in [-0.3, -0.25) is 4.79 Å². The normalized spacial score (nSPS) is 19.8. The van der Waals surface area contributed by atoms with Gasteiger partial charge >= 0.3 is 0 Å². The molecule has 126 valence electrons. The fourth-order valence-corrected chi connectivity index (χ4v) is 4.11. The molecule has 0 atom stereocenters. The van der Waals surface area contributed by atoms with Crippen LogP contribution in [0.1, 0.15) is 23.3 Å². The fraction of sp³-hybridized carbons (Fsp3) is 0.412. The van der Waals surface area contributed by atoms with E-state index < -0.39 is 5.79 Å². The summed E-state index contributed by atoms with van der Waals surface area (Å²) in [4.78, 5) is 19.0. The molecule has 1 aromatic carbocycles. The van der Waals surface area contributed by atoms with E-state index in [9.17, 15) is 4.79 Å². The zero-order valence-corrected chi connectivity index (χ0v) is 14.6. The van der Waals surface area contributed by atoms with Gasteiger partial charge in [0.05, 0.1) is 13.2 Å². The number of piperidine rings is 1. The monoisotopic (exact) mass is 364 g/mol. The molecule has 1 spiro atoms. The van der Waals surface area contributed by atoms with Gasteiger partial charge in [-0.25, -0.2) is 4.98 Å². The third kappa shape index (κ3) is 3.07. The predicted molar refractivity (Wildman–Crippen MR) is 92.3 cm³/mol. The Labute approximate surface area is 149 Å². The first-order valence-corrected chi connectivity index (χ1v) is 9.20. The molecular weight excluding hydrogens is 348 g/mol. The molecular formula is C17H17ClN2O3S. The van der Waals surface area contributed by atoms with E-state index in [0.717, 1.165) is 10.6 Å². The molecule has 0 radical (unpaired) electrons. The highest BCUT2D eigenvalue weighted by atomic mass is 35.5. The van der Waals surface area contributed by atoms with Crippen LogP contribution in [0.15, 0.2) is 29.6 Å². The van der Waals surface area contributed by atoms with Crippen molar-refractivity contribution in [1.82, 2.24) is 9.88 Å². The summed E-state index contributed by atoms with van der Waals surface area (Å²) in [7, 11) is 0. The fourth-order valence-electron chi connectivity index (χ4n) is 3.12. The first-order chi connectivity index (χ1) is 11.7. The van der Waals surface area contributed by atoms with Crippen molar-refractivity contribution in [2.45, 2.75) is 18.6 Å². The highest BCUT2D eigenvalue weighted by Crippen LogP contribution is 2.32. The van der Waals surface area contributed by atoms with Crippen LogP contribution in [0.5, 0.6) is 0 Å². The lowest BCUT2D eigenvalue weighted by atomic mass is 10.0. The first kappa shape index (κ1) is 16.0. The second-order valence-corrected chi connectivity index (χ2v) is 7.24. The number of aromatic nitrogens is 1. The summed E-state index contributed by atoms with van der Waals surface area (Å²) in [6.07, 6.45) is 1.42. The minimum absolute atomic E-state index is 0.0348. The van der Waals surface area contributed by atoms with Crippen molar-refractivity contribution in [3.63, 3.8) is 0 Å². The molecule has 24 heavy (non-hydrogen) atoms. The van der Waals surface area contributed by atoms with E-state index in [1.165, 1.54) is 11.3 Å². The van der Waals surface area contributed by atoms with Gasteiger partial charge in [0.25, 0.3) is 5.91 Å². The van der Waals surface area contributed by atoms with E-state index in [1.54, 1.807) is 0 Å². The molecule has 1 amide bonds. The molecule has 3 heterocycles. The van der Waals surface area contributed by atoms with Crippen LogP contribution >= 0.6 is 22.9 Å². The van der Waals surface area contributed by atoms with Gasteiger partial charge in [-0.05, 0) is 12.1 Å². The Kier molecular flexibility index (Phi) is 4.30. The molecule has 1 aromatic heterocycles. The van der Waals surface area contributed by atoms with Crippen LogP contribution in [0.25, 0.3) is 10.6 Å². The number of thiazole rings is 1. The van der Waals surface area contributed by atoms with Crippen LogP contribution in [0.3, 0.4) is 0 Å². The van der Waals surface area contributed by atoms with E-state index in [0.29, 0.717) is 49.9 Å². The molecule has 0 saturated carbocycles. The largest absolute Gasteiger partial charge is 0.347 e. The van der Waals surface area contributed by atoms with Crippen LogP contribution in [0.4, 0.5) is 0 Å². The van der Waals surface area contributed by atoms with Crippen molar-refractivity contribution in [3.05, 3.63) is 40.4 Å². The van der Waals surface area contributed by atoms with E-state index in [2.05, 4.69) is 4.98 Å². The first-order valence-electron chi connectivity index (χ1n) is 7.94. The number of amides is 1. The molecule has 2 aromatic rings. The van der Waals surface area contributed by atoms with Gasteiger partial charge in [-0.15, -0.1) is 11.3 Å². The van der Waals surface area contributed by atoms with Gasteiger partial charge in [0.1, 0.15) is 10.7 Å². The Hall–Kier alpha value is -1.47. The Balaban J connectivity index is 1.46. The maximum Gasteiger partial charge on any atom is 0.273 e. The molecule has 0 unspecified atom stereocenters. The standard InChI is InChI=1S/C17H17ClN2O3S/c18-13-3-1-2-12(10-13)15-19-14(11-24-15)16(21)20-6-4-17(5-7-20)22-8-9-23-17/h1-3,10-11H,4-9H2. The van der Waals surface area contributed by atoms with Gasteiger partial charge in [-0.2, -0.15) is 0 Å². The lowest BCUT2D eigenvalue weighted by Crippen LogP contribution is -2.47. The van der Waals surface area contributed by atoms with Gasteiger partial charge in [0.2, 0.25) is 0 Å². The summed E-state index contributed by atoms with van der Waals surface area (Å²) < 4.78 is 11.4. The number of halogens is 1. The molecule has 5 nitrogen and oxygen atoms in total. The number of carbonyl (C=O) groups excluding carboxylic acids is 1. The number of hydrogen-bond donors (Lipinski definition) is 0. The lowest BCUT2D eigenvalue weighted by Gasteiger charge is -2.37. The molecule has 2 saturated heterocycles. The summed E-state index contributed by atoms with van der Waals surface area (Å²) in [6, 6.07) is 7.50. The van der Waals surface area contributed by atoms with E-state index in [-0.39, 0.29) is 5.91 Å². The molecule has 7 heteroatoms. The number of ether oxygens (including phenoxy) is 2. The number of hydrogen-bond acceptors (Lipinski definition) is 5. The van der Waals surface area contributed by atoms with Gasteiger partial charge in [0.15, 0.2) is 5.79 Å². The molecule has 4 rings (SSSR count). The lowest BCUT2D eigenvalue weighted by molar-refractivity contribution is -0.181. The Morgan fingerprint density at radius 2 is 2.00 bits per heavy atom. The van der Waals surface area contributed by atoms with Crippen molar-refractivity contribution < 1.29 is 14.3 Å². The highest BCUT2D eigenvalue weighted by molar-refractivity contribution is 7.13. The molecule has 0 aliphatic carbocycles. The average molecular weight is 365 g/mol. The Morgan fingerprint density at radius 1 is 1.25 bits per heavy atom. The number of rotatable bonds is 2. The third-order valence-electron chi connectivity index (χ3n) is 4.42. The Bertz CT molecular complexity index is 748. The Morgan fingerprint density at radius 3 is 2.71 bits per heavy atom. The van der Waals surface area contributed by atoms with Crippen molar-refractivity contribution in [2.24, 2.45) is 0 Å². The molecule has 0 N–H and O–H groups in total. The van der Waals surface area contributed by atoms with Crippen LogP contribution < -0.4 is 0 Å². The molecule has 2 aliphatic rings. The smallest absolute Gasteiger partial charge is 0.273 e. The number of benzene rings is 1. The van der Waals surface area contributed by atoms with E-state index in [1.807, 2.05) is 34.5 Å². The predicted octanol–water partition coefficient (Wildman–Crippen LogP) is 3.44. The molecule has 2 fully saturated rings. The van der Waals surface area contributed by atoms with Crippen LogP contribution in [-0.4, -0.2) is 47.9 Å².